The zero-order valence-electron chi connectivity index (χ0n) is 13.9. The average Bonchev–Trinajstić information content (AvgIpc) is 3.01. The fourth-order valence-corrected chi connectivity index (χ4v) is 3.17. The lowest BCUT2D eigenvalue weighted by molar-refractivity contribution is -0.136. The van der Waals surface area contributed by atoms with Crippen molar-refractivity contribution in [3.8, 4) is 17.1 Å². The summed E-state index contributed by atoms with van der Waals surface area (Å²) in [5.41, 5.74) is 1.72. The van der Waals surface area contributed by atoms with Crippen molar-refractivity contribution >= 4 is 27.8 Å². The molecule has 26 heavy (non-hydrogen) atoms. The molecule has 6 nitrogen and oxygen atoms in total. The van der Waals surface area contributed by atoms with Gasteiger partial charge in [0.25, 0.3) is 5.56 Å². The van der Waals surface area contributed by atoms with Gasteiger partial charge in [-0.2, -0.15) is 0 Å². The number of H-pyrrole nitrogens is 1. The first kappa shape index (κ1) is 16.0. The third-order valence-electron chi connectivity index (χ3n) is 4.33. The minimum Gasteiger partial charge on any atom is -0.497 e. The molecule has 4 rings (SSSR count). The molecule has 4 aromatic rings. The van der Waals surface area contributed by atoms with Crippen molar-refractivity contribution in [3.05, 3.63) is 64.4 Å². The predicted octanol–water partition coefficient (Wildman–Crippen LogP) is 3.58. The molecule has 0 radical (unpaired) electrons. The number of carboxylic acids is 1. The Bertz CT molecular complexity index is 1180. The van der Waals surface area contributed by atoms with E-state index in [0.29, 0.717) is 33.7 Å². The van der Waals surface area contributed by atoms with Gasteiger partial charge in [-0.25, -0.2) is 0 Å². The van der Waals surface area contributed by atoms with Gasteiger partial charge in [0, 0.05) is 16.5 Å². The van der Waals surface area contributed by atoms with E-state index >= 15 is 0 Å². The maximum atomic E-state index is 12.6. The van der Waals surface area contributed by atoms with Crippen LogP contribution in [-0.4, -0.2) is 23.2 Å². The summed E-state index contributed by atoms with van der Waals surface area (Å²) in [5, 5.41) is 10.3. The quantitative estimate of drug-likeness (QED) is 0.587. The largest absolute Gasteiger partial charge is 0.497 e. The van der Waals surface area contributed by atoms with Crippen molar-refractivity contribution in [2.24, 2.45) is 0 Å². The van der Waals surface area contributed by atoms with Gasteiger partial charge in [-0.15, -0.1) is 0 Å². The number of aromatic nitrogens is 1. The lowest BCUT2D eigenvalue weighted by atomic mass is 10.0. The maximum Gasteiger partial charge on any atom is 0.307 e. The van der Waals surface area contributed by atoms with Crippen LogP contribution in [-0.2, 0) is 11.2 Å². The number of carbonyl (C=O) groups is 1. The zero-order valence-corrected chi connectivity index (χ0v) is 13.9. The van der Waals surface area contributed by atoms with Gasteiger partial charge >= 0.3 is 5.97 Å². The number of aliphatic carboxylic acids is 1. The minimum absolute atomic E-state index is 0.275. The first-order chi connectivity index (χ1) is 12.6. The summed E-state index contributed by atoms with van der Waals surface area (Å²) in [7, 11) is 1.57. The highest BCUT2D eigenvalue weighted by atomic mass is 16.5. The summed E-state index contributed by atoms with van der Waals surface area (Å²) in [6.45, 7) is 0. The van der Waals surface area contributed by atoms with Crippen LogP contribution < -0.4 is 10.3 Å². The molecule has 0 saturated carbocycles. The fraction of sp³-hybridized carbons (Fsp3) is 0.100. The molecule has 0 fully saturated rings. The Morgan fingerprint density at radius 1 is 1.15 bits per heavy atom. The highest BCUT2D eigenvalue weighted by molar-refractivity contribution is 6.05. The van der Waals surface area contributed by atoms with Gasteiger partial charge in [-0.1, -0.05) is 12.1 Å². The van der Waals surface area contributed by atoms with Crippen LogP contribution >= 0.6 is 0 Å². The van der Waals surface area contributed by atoms with Gasteiger partial charge in [-0.05, 0) is 36.4 Å². The van der Waals surface area contributed by atoms with E-state index in [-0.39, 0.29) is 17.4 Å². The molecule has 0 aliphatic rings. The van der Waals surface area contributed by atoms with Gasteiger partial charge in [0.1, 0.15) is 17.1 Å². The number of benzene rings is 2. The first-order valence-corrected chi connectivity index (χ1v) is 8.01. The third-order valence-corrected chi connectivity index (χ3v) is 4.33. The van der Waals surface area contributed by atoms with E-state index in [1.807, 2.05) is 18.2 Å². The number of aromatic amines is 1. The number of fused-ring (bicyclic) bond motifs is 3. The van der Waals surface area contributed by atoms with Crippen LogP contribution in [0.4, 0.5) is 0 Å². The van der Waals surface area contributed by atoms with Crippen molar-refractivity contribution in [3.63, 3.8) is 0 Å². The van der Waals surface area contributed by atoms with Crippen molar-refractivity contribution in [2.75, 3.05) is 7.11 Å². The molecule has 2 heterocycles. The second-order valence-electron chi connectivity index (χ2n) is 5.91. The summed E-state index contributed by atoms with van der Waals surface area (Å²) in [5.74, 6) is 0.0230. The SMILES string of the molecule is COc1ccc(-c2oc3c(c2CC(=O)O)c(=O)[nH]c2ccccc23)cc1. The van der Waals surface area contributed by atoms with Crippen LogP contribution in [0.25, 0.3) is 33.2 Å². The molecule has 0 saturated heterocycles. The molecule has 2 N–H and O–H groups in total. The monoisotopic (exact) mass is 349 g/mol. The molecule has 2 aromatic carbocycles. The second-order valence-corrected chi connectivity index (χ2v) is 5.91. The zero-order chi connectivity index (χ0) is 18.3. The van der Waals surface area contributed by atoms with Gasteiger partial charge in [0.15, 0.2) is 0 Å². The molecule has 0 unspecified atom stereocenters. The smallest absolute Gasteiger partial charge is 0.307 e. The van der Waals surface area contributed by atoms with Crippen LogP contribution in [0.3, 0.4) is 0 Å². The summed E-state index contributed by atoms with van der Waals surface area (Å²) in [6.07, 6.45) is -0.310. The molecule has 0 bridgehead atoms. The second kappa shape index (κ2) is 6.07. The van der Waals surface area contributed by atoms with Crippen molar-refractivity contribution in [2.45, 2.75) is 6.42 Å². The Labute approximate surface area is 147 Å². The molecular weight excluding hydrogens is 334 g/mol. The minimum atomic E-state index is -1.03. The lowest BCUT2D eigenvalue weighted by Gasteiger charge is -2.03. The van der Waals surface area contributed by atoms with Gasteiger partial charge in [0.05, 0.1) is 24.4 Å². The normalized spacial score (nSPS) is 11.1. The number of pyridine rings is 1. The Morgan fingerprint density at radius 2 is 1.88 bits per heavy atom. The summed E-state index contributed by atoms with van der Waals surface area (Å²) in [6, 6.07) is 14.3. The van der Waals surface area contributed by atoms with Gasteiger partial charge in [0.2, 0.25) is 0 Å². The van der Waals surface area contributed by atoms with Crippen molar-refractivity contribution in [1.29, 1.82) is 0 Å². The predicted molar refractivity (Wildman–Crippen MR) is 97.7 cm³/mol. The third kappa shape index (κ3) is 2.52. The number of hydrogen-bond acceptors (Lipinski definition) is 4. The van der Waals surface area contributed by atoms with Gasteiger partial charge < -0.3 is 19.2 Å². The molecule has 130 valence electrons. The topological polar surface area (TPSA) is 92.5 Å². The van der Waals surface area contributed by atoms with E-state index < -0.39 is 5.97 Å². The Morgan fingerprint density at radius 3 is 2.58 bits per heavy atom. The number of carboxylic acid groups (broad SMARTS) is 1. The number of rotatable bonds is 4. The fourth-order valence-electron chi connectivity index (χ4n) is 3.17. The molecule has 2 aromatic heterocycles. The van der Waals surface area contributed by atoms with Crippen LogP contribution in [0, 0.1) is 0 Å². The van der Waals surface area contributed by atoms with Crippen LogP contribution in [0.15, 0.2) is 57.7 Å². The highest BCUT2D eigenvalue weighted by Gasteiger charge is 2.22. The number of nitrogens with one attached hydrogen (secondary N) is 1. The molecule has 0 aliphatic carbocycles. The number of para-hydroxylation sites is 1. The highest BCUT2D eigenvalue weighted by Crippen LogP contribution is 2.35. The molecule has 0 amide bonds. The van der Waals surface area contributed by atoms with E-state index in [2.05, 4.69) is 4.98 Å². The number of ether oxygens (including phenoxy) is 1. The van der Waals surface area contributed by atoms with Gasteiger partial charge in [-0.3, -0.25) is 9.59 Å². The maximum absolute atomic E-state index is 12.6. The Balaban J connectivity index is 2.07. The number of furan rings is 1. The van der Waals surface area contributed by atoms with Crippen LogP contribution in [0.2, 0.25) is 0 Å². The standard InChI is InChI=1S/C20H15NO5/c1-25-12-8-6-11(7-9-12)18-14(10-16(22)23)17-19(26-18)13-4-2-3-5-15(13)21-20(17)24/h2-9H,10H2,1H3,(H,21,24)(H,22,23). The van der Waals surface area contributed by atoms with E-state index in [9.17, 15) is 14.7 Å². The van der Waals surface area contributed by atoms with E-state index in [4.69, 9.17) is 9.15 Å². The van der Waals surface area contributed by atoms with E-state index in [1.54, 1.807) is 37.4 Å². The summed E-state index contributed by atoms with van der Waals surface area (Å²) < 4.78 is 11.2. The first-order valence-electron chi connectivity index (χ1n) is 8.01. The Kier molecular flexibility index (Phi) is 3.73. The molecule has 0 atom stereocenters. The van der Waals surface area contributed by atoms with Crippen LogP contribution in [0.1, 0.15) is 5.56 Å². The average molecular weight is 349 g/mol. The lowest BCUT2D eigenvalue weighted by Crippen LogP contribution is -2.09. The molecule has 0 aliphatic heterocycles. The van der Waals surface area contributed by atoms with E-state index in [0.717, 1.165) is 5.39 Å². The summed E-state index contributed by atoms with van der Waals surface area (Å²) >= 11 is 0. The van der Waals surface area contributed by atoms with Crippen LogP contribution in [0.5, 0.6) is 5.75 Å². The van der Waals surface area contributed by atoms with E-state index in [1.165, 1.54) is 0 Å². The Hall–Kier alpha value is -3.54. The molecule has 6 heteroatoms. The summed E-state index contributed by atoms with van der Waals surface area (Å²) in [4.78, 5) is 26.8. The van der Waals surface area contributed by atoms with Crippen molar-refractivity contribution < 1.29 is 19.1 Å². The molecular formula is C20H15NO5. The molecule has 0 spiro atoms. The number of methoxy groups -OCH3 is 1. The number of hydrogen-bond donors (Lipinski definition) is 2. The van der Waals surface area contributed by atoms with Crippen molar-refractivity contribution in [1.82, 2.24) is 4.98 Å².